The lowest BCUT2D eigenvalue weighted by atomic mass is 9.83. The second-order valence-electron chi connectivity index (χ2n) is 10.2. The van der Waals surface area contributed by atoms with Gasteiger partial charge in [-0.2, -0.15) is 26.3 Å². The Labute approximate surface area is 234 Å². The third kappa shape index (κ3) is 9.40. The van der Waals surface area contributed by atoms with Gasteiger partial charge in [0.2, 0.25) is 0 Å². The molecule has 0 unspecified atom stereocenters. The summed E-state index contributed by atoms with van der Waals surface area (Å²) in [4.78, 5) is 8.61. The van der Waals surface area contributed by atoms with Crippen molar-refractivity contribution in [3.63, 3.8) is 0 Å². The maximum absolute atomic E-state index is 12.6. The molecule has 0 saturated heterocycles. The van der Waals surface area contributed by atoms with Crippen LogP contribution in [-0.4, -0.2) is 15.1 Å². The molecule has 3 aromatic carbocycles. The number of aromatic nitrogens is 2. The van der Waals surface area contributed by atoms with Gasteiger partial charge < -0.3 is 9.84 Å². The van der Waals surface area contributed by atoms with E-state index in [1.165, 1.54) is 29.8 Å². The average molecular weight is 577 g/mol. The molecular formula is C31H30F6N2O2. The maximum Gasteiger partial charge on any atom is 0.416 e. The largest absolute Gasteiger partial charge is 0.416 e. The van der Waals surface area contributed by atoms with Gasteiger partial charge in [-0.05, 0) is 64.1 Å². The van der Waals surface area contributed by atoms with Crippen molar-refractivity contribution >= 4 is 0 Å². The summed E-state index contributed by atoms with van der Waals surface area (Å²) in [6.07, 6.45) is -5.42. The summed E-state index contributed by atoms with van der Waals surface area (Å²) < 4.78 is 80.6. The van der Waals surface area contributed by atoms with Gasteiger partial charge in [-0.25, -0.2) is 9.97 Å². The summed E-state index contributed by atoms with van der Waals surface area (Å²) in [6.45, 7) is 6.26. The van der Waals surface area contributed by atoms with Gasteiger partial charge in [0.25, 0.3) is 0 Å². The molecule has 0 amide bonds. The third-order valence-corrected chi connectivity index (χ3v) is 5.93. The zero-order chi connectivity index (χ0) is 30.3. The van der Waals surface area contributed by atoms with Crippen molar-refractivity contribution in [1.29, 1.82) is 0 Å². The standard InChI is InChI=1S/C16H12F6O.C15H18N2O/c17-15(18,19)13-5-1-3-11(7-13)9-23-10-12-4-2-6-14(8-12)16(20,21)22;1-15(2,3)13-6-5-11(10-18)9-12(13)14-16-7-4-8-17-14/h1-8H,9-10H2;4-9,18H,10H2,1-3H3. The molecular weight excluding hydrogens is 546 g/mol. The lowest BCUT2D eigenvalue weighted by Gasteiger charge is -2.22. The molecule has 0 radical (unpaired) electrons. The van der Waals surface area contributed by atoms with E-state index < -0.39 is 23.5 Å². The van der Waals surface area contributed by atoms with E-state index in [1.807, 2.05) is 12.1 Å². The Balaban J connectivity index is 0.000000232. The monoisotopic (exact) mass is 576 g/mol. The molecule has 1 heterocycles. The summed E-state index contributed by atoms with van der Waals surface area (Å²) in [7, 11) is 0. The number of alkyl halides is 6. The highest BCUT2D eigenvalue weighted by molar-refractivity contribution is 5.63. The van der Waals surface area contributed by atoms with Crippen LogP contribution in [0, 0.1) is 0 Å². The molecule has 1 N–H and O–H groups in total. The Morgan fingerprint density at radius 2 is 1.17 bits per heavy atom. The van der Waals surface area contributed by atoms with Crippen molar-refractivity contribution in [2.45, 2.75) is 58.4 Å². The smallest absolute Gasteiger partial charge is 0.392 e. The molecule has 0 bridgehead atoms. The van der Waals surface area contributed by atoms with E-state index in [-0.39, 0.29) is 25.2 Å². The van der Waals surface area contributed by atoms with Gasteiger partial charge in [0, 0.05) is 18.0 Å². The van der Waals surface area contributed by atoms with Crippen LogP contribution < -0.4 is 0 Å². The lowest BCUT2D eigenvalue weighted by molar-refractivity contribution is -0.138. The molecule has 10 heteroatoms. The van der Waals surface area contributed by atoms with Crippen LogP contribution in [0.4, 0.5) is 26.3 Å². The number of hydrogen-bond acceptors (Lipinski definition) is 4. The Hall–Kier alpha value is -3.76. The van der Waals surface area contributed by atoms with Crippen LogP contribution >= 0.6 is 0 Å². The minimum Gasteiger partial charge on any atom is -0.392 e. The molecule has 4 nitrogen and oxygen atoms in total. The number of aliphatic hydroxyl groups excluding tert-OH is 1. The fourth-order valence-electron chi connectivity index (χ4n) is 3.93. The number of rotatable bonds is 6. The summed E-state index contributed by atoms with van der Waals surface area (Å²) in [5.74, 6) is 0.706. The van der Waals surface area contributed by atoms with Crippen molar-refractivity contribution in [2.75, 3.05) is 0 Å². The topological polar surface area (TPSA) is 55.2 Å². The minimum absolute atomic E-state index is 0.0164. The third-order valence-electron chi connectivity index (χ3n) is 5.93. The SMILES string of the molecule is CC(C)(C)c1ccc(CO)cc1-c1ncccn1.FC(F)(F)c1cccc(COCc2cccc(C(F)(F)F)c2)c1. The first-order chi connectivity index (χ1) is 19.2. The van der Waals surface area contributed by atoms with Crippen molar-refractivity contribution in [3.8, 4) is 11.4 Å². The Kier molecular flexibility index (Phi) is 10.3. The van der Waals surface area contributed by atoms with Gasteiger partial charge in [0.05, 0.1) is 30.9 Å². The molecule has 4 rings (SSSR count). The first kappa shape index (κ1) is 31.8. The van der Waals surface area contributed by atoms with E-state index in [0.717, 1.165) is 35.4 Å². The zero-order valence-corrected chi connectivity index (χ0v) is 22.7. The van der Waals surface area contributed by atoms with Crippen LogP contribution in [0.3, 0.4) is 0 Å². The van der Waals surface area contributed by atoms with Gasteiger partial charge in [-0.15, -0.1) is 0 Å². The van der Waals surface area contributed by atoms with Crippen LogP contribution in [0.2, 0.25) is 0 Å². The Bertz CT molecular complexity index is 1360. The van der Waals surface area contributed by atoms with Crippen molar-refractivity contribution in [2.24, 2.45) is 0 Å². The summed E-state index contributed by atoms with van der Waals surface area (Å²) in [5.41, 5.74) is 2.09. The molecule has 0 aliphatic heterocycles. The average Bonchev–Trinajstić information content (AvgIpc) is 2.92. The highest BCUT2D eigenvalue weighted by atomic mass is 19.4. The molecule has 41 heavy (non-hydrogen) atoms. The predicted octanol–water partition coefficient (Wildman–Crippen LogP) is 8.37. The predicted molar refractivity (Wildman–Crippen MR) is 143 cm³/mol. The second-order valence-corrected chi connectivity index (χ2v) is 10.2. The van der Waals surface area contributed by atoms with Crippen molar-refractivity contribution in [3.05, 3.63) is 119 Å². The molecule has 4 aromatic rings. The van der Waals surface area contributed by atoms with Crippen LogP contribution in [0.1, 0.15) is 54.2 Å². The normalized spacial score (nSPS) is 12.0. The number of aliphatic hydroxyl groups is 1. The highest BCUT2D eigenvalue weighted by Crippen LogP contribution is 2.33. The van der Waals surface area contributed by atoms with Gasteiger partial charge >= 0.3 is 12.4 Å². The number of ether oxygens (including phenoxy) is 1. The fourth-order valence-corrected chi connectivity index (χ4v) is 3.93. The number of halogens is 6. The molecule has 218 valence electrons. The van der Waals surface area contributed by atoms with E-state index in [4.69, 9.17) is 4.74 Å². The maximum atomic E-state index is 12.6. The summed E-state index contributed by atoms with van der Waals surface area (Å²) >= 11 is 0. The number of nitrogens with zero attached hydrogens (tertiary/aromatic N) is 2. The zero-order valence-electron chi connectivity index (χ0n) is 22.7. The summed E-state index contributed by atoms with van der Waals surface area (Å²) in [5, 5.41) is 9.26. The van der Waals surface area contributed by atoms with Crippen LogP contribution in [0.15, 0.2) is 85.2 Å². The van der Waals surface area contributed by atoms with Crippen LogP contribution in [-0.2, 0) is 42.3 Å². The molecule has 0 atom stereocenters. The van der Waals surface area contributed by atoms with Gasteiger partial charge in [-0.3, -0.25) is 0 Å². The molecule has 0 aliphatic carbocycles. The van der Waals surface area contributed by atoms with E-state index in [9.17, 15) is 31.4 Å². The fraction of sp³-hybridized carbons (Fsp3) is 0.290. The lowest BCUT2D eigenvalue weighted by Crippen LogP contribution is -2.13. The minimum atomic E-state index is -4.45. The Morgan fingerprint density at radius 1 is 0.659 bits per heavy atom. The van der Waals surface area contributed by atoms with Crippen LogP contribution in [0.25, 0.3) is 11.4 Å². The molecule has 0 saturated carbocycles. The summed E-state index contributed by atoms with van der Waals surface area (Å²) in [6, 6.07) is 17.0. The molecule has 0 spiro atoms. The van der Waals surface area contributed by atoms with E-state index in [0.29, 0.717) is 17.0 Å². The first-order valence-corrected chi connectivity index (χ1v) is 12.6. The van der Waals surface area contributed by atoms with E-state index in [1.54, 1.807) is 18.5 Å². The van der Waals surface area contributed by atoms with Crippen LogP contribution in [0.5, 0.6) is 0 Å². The van der Waals surface area contributed by atoms with E-state index in [2.05, 4.69) is 36.8 Å². The number of benzene rings is 3. The van der Waals surface area contributed by atoms with Crippen molar-refractivity contribution in [1.82, 2.24) is 9.97 Å². The van der Waals surface area contributed by atoms with Gasteiger partial charge in [0.1, 0.15) is 0 Å². The number of hydrogen-bond donors (Lipinski definition) is 1. The highest BCUT2D eigenvalue weighted by Gasteiger charge is 2.31. The van der Waals surface area contributed by atoms with E-state index >= 15 is 0 Å². The first-order valence-electron chi connectivity index (χ1n) is 12.6. The van der Waals surface area contributed by atoms with Crippen molar-refractivity contribution < 1.29 is 36.2 Å². The molecule has 0 aliphatic rings. The Morgan fingerprint density at radius 3 is 1.61 bits per heavy atom. The molecule has 1 aromatic heterocycles. The quantitative estimate of drug-likeness (QED) is 0.234. The second kappa shape index (κ2) is 13.3. The molecule has 0 fully saturated rings. The van der Waals surface area contributed by atoms with Gasteiger partial charge in [-0.1, -0.05) is 57.2 Å². The van der Waals surface area contributed by atoms with Gasteiger partial charge in [0.15, 0.2) is 5.82 Å².